The molecular formula is C13H17F3N2O2. The van der Waals surface area contributed by atoms with E-state index in [1.54, 1.807) is 24.6 Å². The molecule has 4 nitrogen and oxygen atoms in total. The normalized spacial score (nSPS) is 12.8. The number of benzene rings is 1. The Kier molecular flexibility index (Phi) is 5.82. The third-order valence-electron chi connectivity index (χ3n) is 2.67. The van der Waals surface area contributed by atoms with Gasteiger partial charge in [-0.2, -0.15) is 13.2 Å². The molecule has 0 fully saturated rings. The van der Waals surface area contributed by atoms with Crippen LogP contribution in [0.25, 0.3) is 0 Å². The van der Waals surface area contributed by atoms with Gasteiger partial charge in [-0.1, -0.05) is 12.1 Å². The van der Waals surface area contributed by atoms with Gasteiger partial charge in [0.25, 0.3) is 0 Å². The predicted octanol–water partition coefficient (Wildman–Crippen LogP) is 2.02. The van der Waals surface area contributed by atoms with E-state index in [-0.39, 0.29) is 12.6 Å². The van der Waals surface area contributed by atoms with Gasteiger partial charge in [0.2, 0.25) is 5.91 Å². The summed E-state index contributed by atoms with van der Waals surface area (Å²) in [6.07, 6.45) is -4.39. The van der Waals surface area contributed by atoms with E-state index < -0.39 is 18.6 Å². The summed E-state index contributed by atoms with van der Waals surface area (Å²) in [5.74, 6) is 0.0200. The minimum Gasteiger partial charge on any atom is -0.497 e. The molecule has 0 aliphatic rings. The van der Waals surface area contributed by atoms with Gasteiger partial charge >= 0.3 is 6.18 Å². The lowest BCUT2D eigenvalue weighted by Gasteiger charge is -2.15. The molecule has 0 aliphatic carbocycles. The molecule has 1 rings (SSSR count). The molecule has 0 spiro atoms. The molecule has 20 heavy (non-hydrogen) atoms. The Morgan fingerprint density at radius 2 is 1.90 bits per heavy atom. The first-order valence-electron chi connectivity index (χ1n) is 6.02. The molecule has 0 aliphatic heterocycles. The van der Waals surface area contributed by atoms with Crippen LogP contribution in [0, 0.1) is 0 Å². The minimum absolute atomic E-state index is 0.155. The number of alkyl halides is 3. The molecule has 0 unspecified atom stereocenters. The van der Waals surface area contributed by atoms with Gasteiger partial charge < -0.3 is 15.4 Å². The number of rotatable bonds is 6. The fraction of sp³-hybridized carbons (Fsp3) is 0.462. The number of hydrogen-bond acceptors (Lipinski definition) is 3. The number of carbonyl (C=O) groups excluding carboxylic acids is 1. The standard InChI is InChI=1S/C13H17F3N2O2/c1-9(10-3-5-11(20-2)6-4-10)17-7-12(19)18-8-13(14,15)16/h3-6,9,17H,7-8H2,1-2H3,(H,18,19)/t9-/m1/s1. The topological polar surface area (TPSA) is 50.4 Å². The number of ether oxygens (including phenoxy) is 1. The van der Waals surface area contributed by atoms with Crippen molar-refractivity contribution >= 4 is 5.91 Å². The molecule has 112 valence electrons. The Bertz CT molecular complexity index is 432. The molecule has 0 radical (unpaired) electrons. The lowest BCUT2D eigenvalue weighted by molar-refractivity contribution is -0.137. The number of hydrogen-bond donors (Lipinski definition) is 2. The Morgan fingerprint density at radius 3 is 2.40 bits per heavy atom. The quantitative estimate of drug-likeness (QED) is 0.843. The summed E-state index contributed by atoms with van der Waals surface area (Å²) in [4.78, 5) is 11.2. The Labute approximate surface area is 115 Å². The lowest BCUT2D eigenvalue weighted by atomic mass is 10.1. The van der Waals surface area contributed by atoms with E-state index in [0.717, 1.165) is 5.56 Å². The maximum atomic E-state index is 11.9. The monoisotopic (exact) mass is 290 g/mol. The molecule has 1 aromatic carbocycles. The van der Waals surface area contributed by atoms with E-state index >= 15 is 0 Å². The Morgan fingerprint density at radius 1 is 1.30 bits per heavy atom. The molecule has 7 heteroatoms. The number of halogens is 3. The highest BCUT2D eigenvalue weighted by Crippen LogP contribution is 2.17. The SMILES string of the molecule is COc1ccc([C@@H](C)NCC(=O)NCC(F)(F)F)cc1. The average Bonchev–Trinajstić information content (AvgIpc) is 2.41. The van der Waals surface area contributed by atoms with Crippen molar-refractivity contribution in [2.75, 3.05) is 20.2 Å². The van der Waals surface area contributed by atoms with Gasteiger partial charge in [-0.3, -0.25) is 4.79 Å². The Hall–Kier alpha value is -1.76. The van der Waals surface area contributed by atoms with Crippen LogP contribution in [0.1, 0.15) is 18.5 Å². The summed E-state index contributed by atoms with van der Waals surface area (Å²) in [6.45, 7) is 0.326. The molecule has 0 bridgehead atoms. The maximum Gasteiger partial charge on any atom is 0.405 e. The van der Waals surface area contributed by atoms with Crippen molar-refractivity contribution in [1.29, 1.82) is 0 Å². The van der Waals surface area contributed by atoms with Crippen LogP contribution in [0.2, 0.25) is 0 Å². The molecule has 0 saturated carbocycles. The zero-order valence-electron chi connectivity index (χ0n) is 11.3. The van der Waals surface area contributed by atoms with Gasteiger partial charge in [0.15, 0.2) is 0 Å². The second kappa shape index (κ2) is 7.14. The van der Waals surface area contributed by atoms with Crippen LogP contribution in [0.15, 0.2) is 24.3 Å². The van der Waals surface area contributed by atoms with Crippen LogP contribution < -0.4 is 15.4 Å². The van der Waals surface area contributed by atoms with Gasteiger partial charge in [0.05, 0.1) is 13.7 Å². The van der Waals surface area contributed by atoms with Crippen molar-refractivity contribution in [3.05, 3.63) is 29.8 Å². The average molecular weight is 290 g/mol. The van der Waals surface area contributed by atoms with Crippen LogP contribution in [0.4, 0.5) is 13.2 Å². The summed E-state index contributed by atoms with van der Waals surface area (Å²) in [5.41, 5.74) is 0.912. The van der Waals surface area contributed by atoms with Crippen molar-refractivity contribution in [3.8, 4) is 5.75 Å². The van der Waals surface area contributed by atoms with Crippen molar-refractivity contribution in [2.45, 2.75) is 19.1 Å². The Balaban J connectivity index is 2.38. The zero-order chi connectivity index (χ0) is 15.2. The fourth-order valence-corrected chi connectivity index (χ4v) is 1.52. The second-order valence-corrected chi connectivity index (χ2v) is 4.27. The van der Waals surface area contributed by atoms with Crippen LogP contribution in [0.5, 0.6) is 5.75 Å². The van der Waals surface area contributed by atoms with Crippen LogP contribution >= 0.6 is 0 Å². The smallest absolute Gasteiger partial charge is 0.405 e. The van der Waals surface area contributed by atoms with Crippen molar-refractivity contribution < 1.29 is 22.7 Å². The first-order chi connectivity index (χ1) is 9.31. The summed E-state index contributed by atoms with van der Waals surface area (Å²) < 4.78 is 40.7. The van der Waals surface area contributed by atoms with Gasteiger partial charge in [-0.05, 0) is 24.6 Å². The highest BCUT2D eigenvalue weighted by atomic mass is 19.4. The summed E-state index contributed by atoms with van der Waals surface area (Å²) >= 11 is 0. The third-order valence-corrected chi connectivity index (χ3v) is 2.67. The summed E-state index contributed by atoms with van der Waals surface area (Å²) in [5, 5.41) is 4.65. The molecule has 1 atom stereocenters. The molecular weight excluding hydrogens is 273 g/mol. The van der Waals surface area contributed by atoms with Crippen molar-refractivity contribution in [1.82, 2.24) is 10.6 Å². The largest absolute Gasteiger partial charge is 0.497 e. The van der Waals surface area contributed by atoms with Gasteiger partial charge in [-0.25, -0.2) is 0 Å². The van der Waals surface area contributed by atoms with Crippen LogP contribution in [-0.4, -0.2) is 32.3 Å². The van der Waals surface area contributed by atoms with Gasteiger partial charge in [-0.15, -0.1) is 0 Å². The van der Waals surface area contributed by atoms with Crippen molar-refractivity contribution in [3.63, 3.8) is 0 Å². The highest BCUT2D eigenvalue weighted by molar-refractivity contribution is 5.78. The minimum atomic E-state index is -4.39. The zero-order valence-corrected chi connectivity index (χ0v) is 11.3. The van der Waals surface area contributed by atoms with Crippen LogP contribution in [0.3, 0.4) is 0 Å². The molecule has 1 amide bonds. The molecule has 2 N–H and O–H groups in total. The number of nitrogens with one attached hydrogen (secondary N) is 2. The van der Waals surface area contributed by atoms with E-state index in [0.29, 0.717) is 5.75 Å². The molecule has 0 saturated heterocycles. The second-order valence-electron chi connectivity index (χ2n) is 4.27. The van der Waals surface area contributed by atoms with E-state index in [1.807, 2.05) is 19.1 Å². The first kappa shape index (κ1) is 16.3. The van der Waals surface area contributed by atoms with E-state index in [2.05, 4.69) is 5.32 Å². The van der Waals surface area contributed by atoms with E-state index in [9.17, 15) is 18.0 Å². The third kappa shape index (κ3) is 5.92. The molecule has 0 aromatic heterocycles. The summed E-state index contributed by atoms with van der Waals surface area (Å²) in [7, 11) is 1.56. The first-order valence-corrected chi connectivity index (χ1v) is 6.02. The number of methoxy groups -OCH3 is 1. The molecule has 1 aromatic rings. The van der Waals surface area contributed by atoms with E-state index in [1.165, 1.54) is 0 Å². The van der Waals surface area contributed by atoms with Crippen molar-refractivity contribution in [2.24, 2.45) is 0 Å². The lowest BCUT2D eigenvalue weighted by Crippen LogP contribution is -2.39. The fourth-order valence-electron chi connectivity index (χ4n) is 1.52. The summed E-state index contributed by atoms with van der Waals surface area (Å²) in [6, 6.07) is 7.04. The van der Waals surface area contributed by atoms with Crippen LogP contribution in [-0.2, 0) is 4.79 Å². The maximum absolute atomic E-state index is 11.9. The van der Waals surface area contributed by atoms with Gasteiger partial charge in [0, 0.05) is 6.04 Å². The predicted molar refractivity (Wildman–Crippen MR) is 68.5 cm³/mol. The highest BCUT2D eigenvalue weighted by Gasteiger charge is 2.27. The molecule has 0 heterocycles. The number of carbonyl (C=O) groups is 1. The van der Waals surface area contributed by atoms with E-state index in [4.69, 9.17) is 4.74 Å². The van der Waals surface area contributed by atoms with Gasteiger partial charge in [0.1, 0.15) is 12.3 Å². The number of amides is 1.